The molecule has 3 heteroatoms. The minimum atomic E-state index is -0.926. The Kier molecular flexibility index (Phi) is 4.53. The number of hydrogen-bond acceptors (Lipinski definition) is 3. The molecule has 1 N–H and O–H groups in total. The molecule has 2 atom stereocenters. The molecule has 0 aliphatic heterocycles. The molecule has 0 radical (unpaired) electrons. The van der Waals surface area contributed by atoms with E-state index in [0.717, 1.165) is 11.1 Å². The topological polar surface area (TPSA) is 46.5 Å². The first-order valence-corrected chi connectivity index (χ1v) is 6.51. The van der Waals surface area contributed by atoms with E-state index in [0.29, 0.717) is 5.56 Å². The molecular formula is C17H18O3. The number of aryl methyl sites for hydroxylation is 1. The van der Waals surface area contributed by atoms with Crippen molar-refractivity contribution in [2.45, 2.75) is 18.9 Å². The highest BCUT2D eigenvalue weighted by Crippen LogP contribution is 2.32. The molecule has 0 saturated carbocycles. The lowest BCUT2D eigenvalue weighted by Gasteiger charge is -2.21. The number of aliphatic hydroxyl groups is 1. The molecule has 2 aromatic carbocycles. The van der Waals surface area contributed by atoms with Crippen LogP contribution in [0.15, 0.2) is 54.6 Å². The summed E-state index contributed by atoms with van der Waals surface area (Å²) in [7, 11) is 1.33. The van der Waals surface area contributed by atoms with Gasteiger partial charge in [-0.25, -0.2) is 0 Å². The Balaban J connectivity index is 2.36. The van der Waals surface area contributed by atoms with Crippen molar-refractivity contribution in [2.75, 3.05) is 7.11 Å². The minimum Gasteiger partial charge on any atom is -0.468 e. The van der Waals surface area contributed by atoms with Gasteiger partial charge < -0.3 is 9.84 Å². The van der Waals surface area contributed by atoms with E-state index < -0.39 is 18.0 Å². The standard InChI is InChI=1S/C17H18O3/c1-12-8-10-14(11-9-12)16(18)15(17(19)20-2)13-6-4-3-5-7-13/h3-11,15-16,18H,1-2H3/t15-,16+/m0/s1. The molecule has 0 aliphatic rings. The first kappa shape index (κ1) is 14.3. The largest absolute Gasteiger partial charge is 0.468 e. The van der Waals surface area contributed by atoms with Gasteiger partial charge in [0.15, 0.2) is 0 Å². The van der Waals surface area contributed by atoms with Gasteiger partial charge in [-0.05, 0) is 18.1 Å². The Bertz CT molecular complexity index is 561. The molecule has 0 fully saturated rings. The van der Waals surface area contributed by atoms with Crippen LogP contribution in [-0.4, -0.2) is 18.2 Å². The van der Waals surface area contributed by atoms with Crippen LogP contribution < -0.4 is 0 Å². The molecule has 0 aromatic heterocycles. The summed E-state index contributed by atoms with van der Waals surface area (Å²) in [6, 6.07) is 16.7. The predicted molar refractivity (Wildman–Crippen MR) is 77.3 cm³/mol. The number of benzene rings is 2. The van der Waals surface area contributed by atoms with Crippen LogP contribution in [0.2, 0.25) is 0 Å². The van der Waals surface area contributed by atoms with Crippen LogP contribution in [0.4, 0.5) is 0 Å². The molecule has 2 rings (SSSR count). The van der Waals surface area contributed by atoms with E-state index in [4.69, 9.17) is 4.74 Å². The molecule has 104 valence electrons. The number of methoxy groups -OCH3 is 1. The van der Waals surface area contributed by atoms with E-state index in [1.807, 2.05) is 61.5 Å². The van der Waals surface area contributed by atoms with Crippen LogP contribution in [-0.2, 0) is 9.53 Å². The Hall–Kier alpha value is -2.13. The second-order valence-electron chi connectivity index (χ2n) is 4.77. The maximum absolute atomic E-state index is 12.0. The summed E-state index contributed by atoms with van der Waals surface area (Å²) < 4.78 is 4.83. The summed E-state index contributed by atoms with van der Waals surface area (Å²) in [5, 5.41) is 10.5. The molecule has 0 bridgehead atoms. The lowest BCUT2D eigenvalue weighted by Crippen LogP contribution is -2.21. The Labute approximate surface area is 118 Å². The highest BCUT2D eigenvalue weighted by molar-refractivity contribution is 5.79. The van der Waals surface area contributed by atoms with E-state index in [-0.39, 0.29) is 0 Å². The van der Waals surface area contributed by atoms with Crippen molar-refractivity contribution < 1.29 is 14.6 Å². The highest BCUT2D eigenvalue weighted by atomic mass is 16.5. The van der Waals surface area contributed by atoms with E-state index in [2.05, 4.69) is 0 Å². The van der Waals surface area contributed by atoms with Crippen molar-refractivity contribution in [3.05, 3.63) is 71.3 Å². The molecule has 0 aliphatic carbocycles. The van der Waals surface area contributed by atoms with Crippen molar-refractivity contribution in [2.24, 2.45) is 0 Å². The lowest BCUT2D eigenvalue weighted by atomic mass is 9.89. The second-order valence-corrected chi connectivity index (χ2v) is 4.77. The summed E-state index contributed by atoms with van der Waals surface area (Å²) >= 11 is 0. The fraction of sp³-hybridized carbons (Fsp3) is 0.235. The van der Waals surface area contributed by atoms with Gasteiger partial charge in [-0.15, -0.1) is 0 Å². The van der Waals surface area contributed by atoms with Crippen LogP contribution in [0.5, 0.6) is 0 Å². The zero-order valence-electron chi connectivity index (χ0n) is 11.6. The third-order valence-corrected chi connectivity index (χ3v) is 3.35. The number of carbonyl (C=O) groups is 1. The van der Waals surface area contributed by atoms with Gasteiger partial charge in [0.1, 0.15) is 5.92 Å². The van der Waals surface area contributed by atoms with Crippen LogP contribution in [0, 0.1) is 6.92 Å². The van der Waals surface area contributed by atoms with Gasteiger partial charge in [-0.3, -0.25) is 4.79 Å². The molecule has 20 heavy (non-hydrogen) atoms. The highest BCUT2D eigenvalue weighted by Gasteiger charge is 2.30. The summed E-state index contributed by atoms with van der Waals surface area (Å²) in [6.07, 6.45) is -0.926. The average molecular weight is 270 g/mol. The van der Waals surface area contributed by atoms with E-state index >= 15 is 0 Å². The van der Waals surface area contributed by atoms with Gasteiger partial charge in [0, 0.05) is 0 Å². The third kappa shape index (κ3) is 3.06. The molecule has 0 spiro atoms. The summed E-state index contributed by atoms with van der Waals surface area (Å²) in [5.41, 5.74) is 2.55. The Morgan fingerprint density at radius 3 is 2.15 bits per heavy atom. The molecule has 3 nitrogen and oxygen atoms in total. The Morgan fingerprint density at radius 1 is 1.00 bits per heavy atom. The van der Waals surface area contributed by atoms with Gasteiger partial charge in [0.25, 0.3) is 0 Å². The summed E-state index contributed by atoms with van der Waals surface area (Å²) in [4.78, 5) is 12.0. The van der Waals surface area contributed by atoms with E-state index in [1.54, 1.807) is 0 Å². The van der Waals surface area contributed by atoms with Gasteiger partial charge in [-0.1, -0.05) is 60.2 Å². The monoisotopic (exact) mass is 270 g/mol. The number of aliphatic hydroxyl groups excluding tert-OH is 1. The van der Waals surface area contributed by atoms with E-state index in [9.17, 15) is 9.90 Å². The molecule has 2 aromatic rings. The van der Waals surface area contributed by atoms with E-state index in [1.165, 1.54) is 7.11 Å². The molecule has 0 saturated heterocycles. The Morgan fingerprint density at radius 2 is 1.60 bits per heavy atom. The molecule has 0 unspecified atom stereocenters. The fourth-order valence-electron chi connectivity index (χ4n) is 2.19. The zero-order valence-corrected chi connectivity index (χ0v) is 11.6. The van der Waals surface area contributed by atoms with Crippen LogP contribution in [0.3, 0.4) is 0 Å². The van der Waals surface area contributed by atoms with Gasteiger partial charge in [0.05, 0.1) is 13.2 Å². The van der Waals surface area contributed by atoms with Gasteiger partial charge in [0.2, 0.25) is 0 Å². The first-order valence-electron chi connectivity index (χ1n) is 6.51. The van der Waals surface area contributed by atoms with Crippen LogP contribution in [0.1, 0.15) is 28.7 Å². The molecule has 0 amide bonds. The second kappa shape index (κ2) is 6.35. The molecule has 0 heterocycles. The minimum absolute atomic E-state index is 0.440. The van der Waals surface area contributed by atoms with Gasteiger partial charge in [-0.2, -0.15) is 0 Å². The van der Waals surface area contributed by atoms with Crippen molar-refractivity contribution in [3.63, 3.8) is 0 Å². The molecular weight excluding hydrogens is 252 g/mol. The number of hydrogen-bond donors (Lipinski definition) is 1. The van der Waals surface area contributed by atoms with Crippen LogP contribution in [0.25, 0.3) is 0 Å². The van der Waals surface area contributed by atoms with Crippen LogP contribution >= 0.6 is 0 Å². The van der Waals surface area contributed by atoms with Crippen molar-refractivity contribution in [1.29, 1.82) is 0 Å². The first-order chi connectivity index (χ1) is 9.63. The summed E-state index contributed by atoms with van der Waals surface area (Å²) in [6.45, 7) is 1.98. The number of esters is 1. The third-order valence-electron chi connectivity index (χ3n) is 3.35. The lowest BCUT2D eigenvalue weighted by molar-refractivity contribution is -0.145. The normalized spacial score (nSPS) is 13.6. The average Bonchev–Trinajstić information content (AvgIpc) is 2.49. The number of ether oxygens (including phenoxy) is 1. The zero-order chi connectivity index (χ0) is 14.5. The SMILES string of the molecule is COC(=O)[C@@H](c1ccccc1)[C@H](O)c1ccc(C)cc1. The predicted octanol–water partition coefficient (Wildman–Crippen LogP) is 2.99. The summed E-state index contributed by atoms with van der Waals surface area (Å²) in [5.74, 6) is -1.16. The smallest absolute Gasteiger partial charge is 0.316 e. The number of carbonyl (C=O) groups excluding carboxylic acids is 1. The fourth-order valence-corrected chi connectivity index (χ4v) is 2.19. The van der Waals surface area contributed by atoms with Crippen molar-refractivity contribution in [1.82, 2.24) is 0 Å². The van der Waals surface area contributed by atoms with Crippen molar-refractivity contribution >= 4 is 5.97 Å². The maximum Gasteiger partial charge on any atom is 0.316 e. The number of rotatable bonds is 4. The van der Waals surface area contributed by atoms with Crippen molar-refractivity contribution in [3.8, 4) is 0 Å². The van der Waals surface area contributed by atoms with Gasteiger partial charge >= 0.3 is 5.97 Å². The maximum atomic E-state index is 12.0. The quantitative estimate of drug-likeness (QED) is 0.869.